The Labute approximate surface area is 183 Å². The second-order valence-corrected chi connectivity index (χ2v) is 9.65. The highest BCUT2D eigenvalue weighted by Gasteiger charge is 2.30. The second kappa shape index (κ2) is 9.94. The van der Waals surface area contributed by atoms with Gasteiger partial charge in [-0.25, -0.2) is 4.98 Å². The highest BCUT2D eigenvalue weighted by Crippen LogP contribution is 2.29. The van der Waals surface area contributed by atoms with E-state index in [1.165, 1.54) is 9.75 Å². The van der Waals surface area contributed by atoms with E-state index in [1.807, 2.05) is 30.9 Å². The number of hydrogen-bond acceptors (Lipinski definition) is 5. The highest BCUT2D eigenvalue weighted by atomic mass is 32.1. The molecular formula is C22H34N6OS. The minimum Gasteiger partial charge on any atom is -0.379 e. The predicted molar refractivity (Wildman–Crippen MR) is 122 cm³/mol. The van der Waals surface area contributed by atoms with Gasteiger partial charge in [-0.1, -0.05) is 6.92 Å². The van der Waals surface area contributed by atoms with Crippen molar-refractivity contribution >= 4 is 17.3 Å². The molecule has 0 aromatic carbocycles. The summed E-state index contributed by atoms with van der Waals surface area (Å²) >= 11 is 1.90. The highest BCUT2D eigenvalue weighted by molar-refractivity contribution is 7.12. The van der Waals surface area contributed by atoms with Crippen LogP contribution in [0.4, 0.5) is 0 Å². The van der Waals surface area contributed by atoms with Crippen molar-refractivity contribution in [1.29, 1.82) is 0 Å². The molecule has 2 aromatic rings. The molecule has 3 unspecified atom stereocenters. The monoisotopic (exact) mass is 430 g/mol. The third-order valence-electron chi connectivity index (χ3n) is 6.37. The lowest BCUT2D eigenvalue weighted by Gasteiger charge is -2.40. The molecule has 0 amide bonds. The molecule has 0 spiro atoms. The summed E-state index contributed by atoms with van der Waals surface area (Å²) in [6.07, 6.45) is 7.04. The van der Waals surface area contributed by atoms with Crippen LogP contribution in [0.3, 0.4) is 0 Å². The summed E-state index contributed by atoms with van der Waals surface area (Å²) < 4.78 is 7.84. The van der Waals surface area contributed by atoms with E-state index in [-0.39, 0.29) is 0 Å². The van der Waals surface area contributed by atoms with Crippen molar-refractivity contribution in [2.75, 3.05) is 53.0 Å². The molecule has 0 bridgehead atoms. The zero-order chi connectivity index (χ0) is 20.9. The smallest absolute Gasteiger partial charge is 0.193 e. The minimum atomic E-state index is 0.345. The summed E-state index contributed by atoms with van der Waals surface area (Å²) in [4.78, 5) is 16.6. The zero-order valence-corrected chi connectivity index (χ0v) is 19.1. The van der Waals surface area contributed by atoms with Crippen LogP contribution in [0.5, 0.6) is 0 Å². The lowest BCUT2D eigenvalue weighted by atomic mass is 9.93. The van der Waals surface area contributed by atoms with E-state index in [1.54, 1.807) is 0 Å². The summed E-state index contributed by atoms with van der Waals surface area (Å²) in [6, 6.07) is 5.28. The fourth-order valence-electron chi connectivity index (χ4n) is 4.55. The lowest BCUT2D eigenvalue weighted by molar-refractivity contribution is 0.0175. The molecular weight excluding hydrogens is 396 g/mol. The Kier molecular flexibility index (Phi) is 7.07. The number of thiophene rings is 1. The minimum absolute atomic E-state index is 0.345. The Morgan fingerprint density at radius 2 is 2.17 bits per heavy atom. The molecule has 0 aliphatic carbocycles. The number of piperidine rings is 1. The van der Waals surface area contributed by atoms with Gasteiger partial charge in [0.15, 0.2) is 5.96 Å². The first kappa shape index (κ1) is 21.3. The van der Waals surface area contributed by atoms with Crippen molar-refractivity contribution in [3.63, 3.8) is 0 Å². The van der Waals surface area contributed by atoms with E-state index in [0.29, 0.717) is 18.0 Å². The first-order valence-electron chi connectivity index (χ1n) is 11.0. The van der Waals surface area contributed by atoms with Gasteiger partial charge in [0.1, 0.15) is 0 Å². The van der Waals surface area contributed by atoms with Crippen molar-refractivity contribution in [2.24, 2.45) is 10.9 Å². The molecule has 164 valence electrons. The third kappa shape index (κ3) is 4.87. The van der Waals surface area contributed by atoms with Gasteiger partial charge < -0.3 is 19.5 Å². The number of rotatable bonds is 5. The lowest BCUT2D eigenvalue weighted by Crippen LogP contribution is -2.51. The van der Waals surface area contributed by atoms with Crippen LogP contribution in [0, 0.1) is 12.8 Å². The molecule has 7 nitrogen and oxygen atoms in total. The number of aliphatic imine (C=N–C) groups is 1. The van der Waals surface area contributed by atoms with E-state index < -0.39 is 0 Å². The van der Waals surface area contributed by atoms with Gasteiger partial charge in [0, 0.05) is 61.9 Å². The number of morpholine rings is 1. The first-order valence-corrected chi connectivity index (χ1v) is 11.8. The fourth-order valence-corrected chi connectivity index (χ4v) is 5.56. The van der Waals surface area contributed by atoms with Gasteiger partial charge in [0.2, 0.25) is 0 Å². The second-order valence-electron chi connectivity index (χ2n) is 8.33. The summed E-state index contributed by atoms with van der Waals surface area (Å²) in [6.45, 7) is 10.9. The predicted octanol–water partition coefficient (Wildman–Crippen LogP) is 2.78. The largest absolute Gasteiger partial charge is 0.379 e. The quantitative estimate of drug-likeness (QED) is 0.584. The van der Waals surface area contributed by atoms with Crippen molar-refractivity contribution in [1.82, 2.24) is 24.7 Å². The van der Waals surface area contributed by atoms with Gasteiger partial charge in [0.05, 0.1) is 31.6 Å². The Morgan fingerprint density at radius 3 is 2.83 bits per heavy atom. The van der Waals surface area contributed by atoms with E-state index in [2.05, 4.69) is 61.8 Å². The van der Waals surface area contributed by atoms with E-state index in [0.717, 1.165) is 58.3 Å². The van der Waals surface area contributed by atoms with Crippen LogP contribution in [-0.4, -0.2) is 78.3 Å². The van der Waals surface area contributed by atoms with Crippen molar-refractivity contribution in [2.45, 2.75) is 32.4 Å². The topological polar surface area (TPSA) is 57.9 Å². The standard InChI is InChI=1S/C22H34N6OS/c1-17-6-8-27(15-20(17)28-9-7-24-16-28)22(23-3)25-14-19(21-5-4-18(2)30-21)26-10-12-29-13-11-26/h4-5,7,9,16-17,19-20H,6,8,10-15H2,1-3H3,(H,23,25). The molecule has 2 aliphatic rings. The summed E-state index contributed by atoms with van der Waals surface area (Å²) in [7, 11) is 1.89. The maximum atomic E-state index is 5.59. The number of aromatic nitrogens is 2. The number of hydrogen-bond donors (Lipinski definition) is 1. The number of nitrogens with one attached hydrogen (secondary N) is 1. The van der Waals surface area contributed by atoms with Gasteiger partial charge in [-0.2, -0.15) is 0 Å². The summed E-state index contributed by atoms with van der Waals surface area (Å²) in [5.74, 6) is 1.63. The van der Waals surface area contributed by atoms with Crippen LogP contribution in [0.25, 0.3) is 0 Å². The number of guanidine groups is 1. The van der Waals surface area contributed by atoms with Crippen molar-refractivity contribution in [3.8, 4) is 0 Å². The first-order chi connectivity index (χ1) is 14.7. The van der Waals surface area contributed by atoms with Crippen LogP contribution >= 0.6 is 11.3 Å². The summed E-state index contributed by atoms with van der Waals surface area (Å²) in [5.41, 5.74) is 0. The number of nitrogens with zero attached hydrogens (tertiary/aromatic N) is 5. The van der Waals surface area contributed by atoms with E-state index in [9.17, 15) is 0 Å². The SMILES string of the molecule is CN=C(NCC(c1ccc(C)s1)N1CCOCC1)N1CCC(C)C(n2ccnc2)C1. The Balaban J connectivity index is 1.44. The van der Waals surface area contributed by atoms with Crippen molar-refractivity contribution < 1.29 is 4.74 Å². The fraction of sp³-hybridized carbons (Fsp3) is 0.636. The molecule has 0 saturated carbocycles. The van der Waals surface area contributed by atoms with Gasteiger partial charge in [-0.15, -0.1) is 11.3 Å². The Morgan fingerprint density at radius 1 is 1.33 bits per heavy atom. The van der Waals surface area contributed by atoms with E-state index in [4.69, 9.17) is 4.74 Å². The van der Waals surface area contributed by atoms with Crippen LogP contribution in [0.2, 0.25) is 0 Å². The molecule has 8 heteroatoms. The Hall–Kier alpha value is -1.90. The van der Waals surface area contributed by atoms with Gasteiger partial charge in [0.25, 0.3) is 0 Å². The third-order valence-corrected chi connectivity index (χ3v) is 7.47. The van der Waals surface area contributed by atoms with Gasteiger partial charge >= 0.3 is 0 Å². The van der Waals surface area contributed by atoms with Crippen LogP contribution in [0.15, 0.2) is 35.8 Å². The summed E-state index contributed by atoms with van der Waals surface area (Å²) in [5, 5.41) is 3.70. The molecule has 2 aromatic heterocycles. The van der Waals surface area contributed by atoms with Crippen LogP contribution in [0.1, 0.15) is 35.2 Å². The average Bonchev–Trinajstić information content (AvgIpc) is 3.45. The number of imidazole rings is 1. The molecule has 4 rings (SSSR count). The van der Waals surface area contributed by atoms with E-state index >= 15 is 0 Å². The average molecular weight is 431 g/mol. The molecule has 0 radical (unpaired) electrons. The molecule has 3 atom stereocenters. The molecule has 2 aliphatic heterocycles. The number of ether oxygens (including phenoxy) is 1. The van der Waals surface area contributed by atoms with Crippen LogP contribution in [-0.2, 0) is 4.74 Å². The molecule has 4 heterocycles. The number of aryl methyl sites for hydroxylation is 1. The maximum absolute atomic E-state index is 5.59. The molecule has 2 saturated heterocycles. The van der Waals surface area contributed by atoms with Gasteiger partial charge in [-0.05, 0) is 31.4 Å². The molecule has 30 heavy (non-hydrogen) atoms. The number of likely N-dealkylation sites (tertiary alicyclic amines) is 1. The normalized spacial score (nSPS) is 24.8. The maximum Gasteiger partial charge on any atom is 0.193 e. The molecule has 2 fully saturated rings. The molecule has 1 N–H and O–H groups in total. The zero-order valence-electron chi connectivity index (χ0n) is 18.3. The van der Waals surface area contributed by atoms with Crippen molar-refractivity contribution in [3.05, 3.63) is 40.6 Å². The van der Waals surface area contributed by atoms with Gasteiger partial charge in [-0.3, -0.25) is 9.89 Å². The van der Waals surface area contributed by atoms with Crippen LogP contribution < -0.4 is 5.32 Å². The Bertz CT molecular complexity index is 813.